The molecular weight excluding hydrogens is 446 g/mol. The summed E-state index contributed by atoms with van der Waals surface area (Å²) >= 11 is 0. The highest BCUT2D eigenvalue weighted by molar-refractivity contribution is 6.08. The molecule has 0 spiro atoms. The van der Waals surface area contributed by atoms with Crippen LogP contribution in [0.4, 0.5) is 0 Å². The summed E-state index contributed by atoms with van der Waals surface area (Å²) in [5.41, 5.74) is 5.77. The molecule has 36 heavy (non-hydrogen) atoms. The van der Waals surface area contributed by atoms with E-state index in [1.54, 1.807) is 12.4 Å². The monoisotopic (exact) mass is 477 g/mol. The molecule has 1 N–H and O–H groups in total. The molecule has 5 aromatic rings. The van der Waals surface area contributed by atoms with Crippen LogP contribution in [0.2, 0.25) is 0 Å². The van der Waals surface area contributed by atoms with E-state index in [1.807, 2.05) is 20.8 Å². The summed E-state index contributed by atoms with van der Waals surface area (Å²) in [5.74, 6) is 0.0607. The van der Waals surface area contributed by atoms with Crippen molar-refractivity contribution < 1.29 is 4.79 Å². The van der Waals surface area contributed by atoms with E-state index >= 15 is 0 Å². The predicted octanol–water partition coefficient (Wildman–Crippen LogP) is 6.26. The van der Waals surface area contributed by atoms with Gasteiger partial charge in [0.25, 0.3) is 0 Å². The number of rotatable bonds is 5. The molecule has 0 amide bonds. The Labute approximate surface area is 211 Å². The van der Waals surface area contributed by atoms with Gasteiger partial charge >= 0.3 is 0 Å². The third kappa shape index (κ3) is 4.11. The predicted molar refractivity (Wildman–Crippen MR) is 144 cm³/mol. The van der Waals surface area contributed by atoms with Crippen LogP contribution in [-0.4, -0.2) is 43.3 Å². The molecule has 1 fully saturated rings. The third-order valence-corrected chi connectivity index (χ3v) is 7.21. The Morgan fingerprint density at radius 2 is 1.94 bits per heavy atom. The zero-order valence-electron chi connectivity index (χ0n) is 21.0. The lowest BCUT2D eigenvalue weighted by Gasteiger charge is -2.18. The van der Waals surface area contributed by atoms with Crippen LogP contribution in [0.15, 0.2) is 73.2 Å². The fraction of sp³-hybridized carbons (Fsp3) is 0.300. The first kappa shape index (κ1) is 22.7. The molecule has 182 valence electrons. The summed E-state index contributed by atoms with van der Waals surface area (Å²) in [7, 11) is 0. The van der Waals surface area contributed by atoms with Crippen molar-refractivity contribution in [1.82, 2.24) is 24.4 Å². The number of carbonyl (C=O) groups excluding carboxylic acids is 1. The number of hydrogen-bond donors (Lipinski definition) is 1. The minimum absolute atomic E-state index is 0.0607. The zero-order chi connectivity index (χ0) is 24.9. The molecule has 1 aliphatic heterocycles. The van der Waals surface area contributed by atoms with Crippen molar-refractivity contribution in [3.05, 3.63) is 84.3 Å². The van der Waals surface area contributed by atoms with Crippen LogP contribution in [0.25, 0.3) is 33.3 Å². The molecule has 0 radical (unpaired) electrons. The summed E-state index contributed by atoms with van der Waals surface area (Å²) < 4.78 is 2.42. The van der Waals surface area contributed by atoms with Crippen LogP contribution < -0.4 is 0 Å². The second-order valence-corrected chi connectivity index (χ2v) is 10.9. The number of Topliss-reactive ketones (excluding diaryl/α,β-unsaturated/α-hetero) is 1. The summed E-state index contributed by atoms with van der Waals surface area (Å²) in [6.07, 6.45) is 6.87. The molecule has 0 bridgehead atoms. The lowest BCUT2D eigenvalue weighted by molar-refractivity contribution is 0.0860. The first-order valence-electron chi connectivity index (χ1n) is 12.6. The summed E-state index contributed by atoms with van der Waals surface area (Å²) in [4.78, 5) is 28.0. The van der Waals surface area contributed by atoms with E-state index in [0.29, 0.717) is 22.8 Å². The van der Waals surface area contributed by atoms with Crippen molar-refractivity contribution in [2.75, 3.05) is 13.1 Å². The SMILES string of the molecule is CC(C)(C)C(=O)c1c[nH]c2ncc(-c3ccc4c(ccn4C4CCN(Cc5ccccc5)C4)c3)nc12. The minimum atomic E-state index is -0.481. The number of aromatic amines is 1. The molecule has 3 aromatic heterocycles. The zero-order valence-corrected chi connectivity index (χ0v) is 21.0. The molecule has 6 heteroatoms. The Balaban J connectivity index is 1.26. The maximum atomic E-state index is 12.9. The van der Waals surface area contributed by atoms with E-state index in [0.717, 1.165) is 37.3 Å². The number of hydrogen-bond acceptors (Lipinski definition) is 4. The number of nitrogens with one attached hydrogen (secondary N) is 1. The normalized spacial score (nSPS) is 16.8. The van der Waals surface area contributed by atoms with Gasteiger partial charge in [0.2, 0.25) is 0 Å². The second-order valence-electron chi connectivity index (χ2n) is 10.9. The van der Waals surface area contributed by atoms with Gasteiger partial charge in [0, 0.05) is 60.0 Å². The average molecular weight is 478 g/mol. The first-order valence-corrected chi connectivity index (χ1v) is 12.6. The van der Waals surface area contributed by atoms with Gasteiger partial charge in [0.15, 0.2) is 11.4 Å². The van der Waals surface area contributed by atoms with E-state index < -0.39 is 5.41 Å². The van der Waals surface area contributed by atoms with Crippen molar-refractivity contribution in [2.45, 2.75) is 39.8 Å². The highest BCUT2D eigenvalue weighted by atomic mass is 16.1. The van der Waals surface area contributed by atoms with Crippen molar-refractivity contribution in [2.24, 2.45) is 5.41 Å². The number of H-pyrrole nitrogens is 1. The van der Waals surface area contributed by atoms with Crippen molar-refractivity contribution in [3.8, 4) is 11.3 Å². The highest BCUT2D eigenvalue weighted by Crippen LogP contribution is 2.31. The molecule has 2 aromatic carbocycles. The Bertz CT molecular complexity index is 1560. The smallest absolute Gasteiger partial charge is 0.171 e. The van der Waals surface area contributed by atoms with Crippen LogP contribution in [0.5, 0.6) is 0 Å². The molecule has 4 heterocycles. The Kier molecular flexibility index (Phi) is 5.49. The van der Waals surface area contributed by atoms with Crippen molar-refractivity contribution in [3.63, 3.8) is 0 Å². The van der Waals surface area contributed by atoms with Crippen LogP contribution in [0, 0.1) is 5.41 Å². The van der Waals surface area contributed by atoms with Gasteiger partial charge < -0.3 is 9.55 Å². The maximum Gasteiger partial charge on any atom is 0.171 e. The number of fused-ring (bicyclic) bond motifs is 2. The molecular formula is C30H31N5O. The fourth-order valence-corrected chi connectivity index (χ4v) is 5.27. The van der Waals surface area contributed by atoms with Gasteiger partial charge in [-0.2, -0.15) is 0 Å². The molecule has 6 rings (SSSR count). The van der Waals surface area contributed by atoms with E-state index in [-0.39, 0.29) is 5.78 Å². The summed E-state index contributed by atoms with van der Waals surface area (Å²) in [5, 5.41) is 1.19. The van der Waals surface area contributed by atoms with Crippen LogP contribution in [-0.2, 0) is 6.54 Å². The highest BCUT2D eigenvalue weighted by Gasteiger charge is 2.27. The van der Waals surface area contributed by atoms with Crippen LogP contribution in [0.1, 0.15) is 49.2 Å². The fourth-order valence-electron chi connectivity index (χ4n) is 5.27. The van der Waals surface area contributed by atoms with Crippen molar-refractivity contribution >= 4 is 27.9 Å². The summed E-state index contributed by atoms with van der Waals surface area (Å²) in [6, 6.07) is 19.8. The Morgan fingerprint density at radius 1 is 1.11 bits per heavy atom. The molecule has 0 aliphatic carbocycles. The molecule has 1 atom stereocenters. The molecule has 1 aliphatic rings. The number of benzene rings is 2. The van der Waals surface area contributed by atoms with Gasteiger partial charge in [-0.15, -0.1) is 0 Å². The third-order valence-electron chi connectivity index (χ3n) is 7.21. The first-order chi connectivity index (χ1) is 17.4. The van der Waals surface area contributed by atoms with E-state index in [2.05, 4.69) is 80.2 Å². The average Bonchev–Trinajstić information content (AvgIpc) is 3.61. The Hall–Kier alpha value is -3.77. The van der Waals surface area contributed by atoms with Gasteiger partial charge in [-0.25, -0.2) is 9.97 Å². The van der Waals surface area contributed by atoms with Gasteiger partial charge in [0.05, 0.1) is 17.5 Å². The van der Waals surface area contributed by atoms with E-state index in [9.17, 15) is 4.79 Å². The lowest BCUT2D eigenvalue weighted by Crippen LogP contribution is -2.21. The maximum absolute atomic E-state index is 12.9. The van der Waals surface area contributed by atoms with Crippen LogP contribution >= 0.6 is 0 Å². The number of likely N-dealkylation sites (tertiary alicyclic amines) is 1. The number of ketones is 1. The largest absolute Gasteiger partial charge is 0.344 e. The number of carbonyl (C=O) groups is 1. The van der Waals surface area contributed by atoms with Gasteiger partial charge in [-0.1, -0.05) is 57.2 Å². The van der Waals surface area contributed by atoms with E-state index in [4.69, 9.17) is 4.98 Å². The standard InChI is InChI=1S/C30H31N5O/c1-30(2,3)28(36)24-16-31-29-27(24)33-25(17-32-29)21-9-10-26-22(15-21)11-14-35(26)23-12-13-34(19-23)18-20-7-5-4-6-8-20/h4-11,14-17,23H,12-13,18-19H2,1-3H3,(H,31,32). The van der Waals surface area contributed by atoms with Crippen molar-refractivity contribution in [1.29, 1.82) is 0 Å². The second kappa shape index (κ2) is 8.71. The molecule has 6 nitrogen and oxygen atoms in total. The number of aromatic nitrogens is 4. The Morgan fingerprint density at radius 3 is 2.75 bits per heavy atom. The molecule has 1 saturated heterocycles. The summed E-state index contributed by atoms with van der Waals surface area (Å²) in [6.45, 7) is 8.94. The van der Waals surface area contributed by atoms with Gasteiger partial charge in [-0.3, -0.25) is 9.69 Å². The number of nitrogens with zero attached hydrogens (tertiary/aromatic N) is 4. The lowest BCUT2D eigenvalue weighted by atomic mass is 9.87. The molecule has 0 saturated carbocycles. The van der Waals surface area contributed by atoms with E-state index in [1.165, 1.54) is 16.5 Å². The van der Waals surface area contributed by atoms with Crippen LogP contribution in [0.3, 0.4) is 0 Å². The minimum Gasteiger partial charge on any atom is -0.344 e. The molecule has 1 unspecified atom stereocenters. The van der Waals surface area contributed by atoms with Gasteiger partial charge in [0.1, 0.15) is 5.52 Å². The van der Waals surface area contributed by atoms with Gasteiger partial charge in [-0.05, 0) is 30.2 Å². The quantitative estimate of drug-likeness (QED) is 0.304. The topological polar surface area (TPSA) is 66.8 Å².